The van der Waals surface area contributed by atoms with Gasteiger partial charge in [0.25, 0.3) is 0 Å². The second-order valence-electron chi connectivity index (χ2n) is 3.07. The van der Waals surface area contributed by atoms with Gasteiger partial charge in [0.15, 0.2) is 0 Å². The molecule has 1 aliphatic carbocycles. The molecule has 2 N–H and O–H groups in total. The monoisotopic (exact) mass is 240 g/mol. The fourth-order valence-corrected chi connectivity index (χ4v) is 1.82. The lowest BCUT2D eigenvalue weighted by molar-refractivity contribution is 0.0470. The topological polar surface area (TPSA) is 40.5 Å². The van der Waals surface area contributed by atoms with Crippen molar-refractivity contribution in [3.63, 3.8) is 0 Å². The van der Waals surface area contributed by atoms with Crippen LogP contribution in [0.4, 0.5) is 0 Å². The molecule has 1 aromatic carbocycles. The SMILES string of the molecule is OC1C=Cc2ccc(Br)cc2C1O. The maximum atomic E-state index is 9.63. The molecule has 68 valence electrons. The van der Waals surface area contributed by atoms with Crippen molar-refractivity contribution >= 4 is 22.0 Å². The Morgan fingerprint density at radius 2 is 2.00 bits per heavy atom. The van der Waals surface area contributed by atoms with E-state index in [2.05, 4.69) is 15.9 Å². The zero-order chi connectivity index (χ0) is 9.42. The van der Waals surface area contributed by atoms with Crippen LogP contribution >= 0.6 is 15.9 Å². The number of aliphatic hydroxyl groups is 2. The van der Waals surface area contributed by atoms with Crippen molar-refractivity contribution < 1.29 is 10.2 Å². The third-order valence-electron chi connectivity index (χ3n) is 2.16. The Kier molecular flexibility index (Phi) is 2.24. The average molecular weight is 241 g/mol. The van der Waals surface area contributed by atoms with Crippen molar-refractivity contribution in [2.45, 2.75) is 12.2 Å². The Hall–Kier alpha value is -0.640. The molecule has 2 atom stereocenters. The smallest absolute Gasteiger partial charge is 0.109 e. The number of halogens is 1. The molecular weight excluding hydrogens is 232 g/mol. The molecule has 0 heterocycles. The first kappa shape index (κ1) is 8.94. The number of fused-ring (bicyclic) bond motifs is 1. The molecule has 1 aliphatic rings. The fourth-order valence-electron chi connectivity index (χ4n) is 1.45. The summed E-state index contributed by atoms with van der Waals surface area (Å²) in [5, 5.41) is 19.0. The van der Waals surface area contributed by atoms with E-state index >= 15 is 0 Å². The molecule has 0 amide bonds. The minimum Gasteiger partial charge on any atom is -0.386 e. The molecule has 2 unspecified atom stereocenters. The molecule has 2 nitrogen and oxygen atoms in total. The van der Waals surface area contributed by atoms with Gasteiger partial charge in [-0.2, -0.15) is 0 Å². The van der Waals surface area contributed by atoms with Gasteiger partial charge < -0.3 is 10.2 Å². The first-order chi connectivity index (χ1) is 6.18. The van der Waals surface area contributed by atoms with Gasteiger partial charge >= 0.3 is 0 Å². The Balaban J connectivity index is 2.54. The minimum atomic E-state index is -0.808. The molecule has 0 aliphatic heterocycles. The van der Waals surface area contributed by atoms with E-state index in [0.717, 1.165) is 15.6 Å². The van der Waals surface area contributed by atoms with Gasteiger partial charge in [0, 0.05) is 4.47 Å². The lowest BCUT2D eigenvalue weighted by atomic mass is 9.93. The van der Waals surface area contributed by atoms with Gasteiger partial charge in [-0.25, -0.2) is 0 Å². The van der Waals surface area contributed by atoms with Crippen LogP contribution in [0, 0.1) is 0 Å². The van der Waals surface area contributed by atoms with Gasteiger partial charge in [-0.05, 0) is 23.3 Å². The summed E-state index contributed by atoms with van der Waals surface area (Å²) >= 11 is 3.32. The van der Waals surface area contributed by atoms with E-state index in [1.807, 2.05) is 24.3 Å². The average Bonchev–Trinajstić information content (AvgIpc) is 2.12. The third-order valence-corrected chi connectivity index (χ3v) is 2.66. The summed E-state index contributed by atoms with van der Waals surface area (Å²) in [6.07, 6.45) is 1.82. The highest BCUT2D eigenvalue weighted by atomic mass is 79.9. The highest BCUT2D eigenvalue weighted by Crippen LogP contribution is 2.30. The van der Waals surface area contributed by atoms with Crippen molar-refractivity contribution in [1.82, 2.24) is 0 Å². The zero-order valence-corrected chi connectivity index (χ0v) is 8.40. The first-order valence-corrected chi connectivity index (χ1v) is 4.81. The number of hydrogen-bond donors (Lipinski definition) is 2. The summed E-state index contributed by atoms with van der Waals surface area (Å²) in [4.78, 5) is 0. The summed E-state index contributed by atoms with van der Waals surface area (Å²) in [6, 6.07) is 5.64. The number of aliphatic hydroxyl groups excluding tert-OH is 2. The van der Waals surface area contributed by atoms with E-state index in [4.69, 9.17) is 0 Å². The normalized spacial score (nSPS) is 25.8. The standard InChI is InChI=1S/C10H9BrO2/c11-7-3-1-6-2-4-9(12)10(13)8(6)5-7/h1-5,9-10,12-13H. The van der Waals surface area contributed by atoms with E-state index in [9.17, 15) is 10.2 Å². The van der Waals surface area contributed by atoms with Crippen LogP contribution in [0.25, 0.3) is 6.08 Å². The lowest BCUT2D eigenvalue weighted by Gasteiger charge is -2.21. The van der Waals surface area contributed by atoms with Crippen molar-refractivity contribution in [2.24, 2.45) is 0 Å². The van der Waals surface area contributed by atoms with Crippen LogP contribution in [0.2, 0.25) is 0 Å². The Bertz CT molecular complexity index is 360. The summed E-state index contributed by atoms with van der Waals surface area (Å²) in [7, 11) is 0. The van der Waals surface area contributed by atoms with Crippen molar-refractivity contribution in [2.75, 3.05) is 0 Å². The van der Waals surface area contributed by atoms with Crippen LogP contribution in [-0.4, -0.2) is 16.3 Å². The van der Waals surface area contributed by atoms with Gasteiger partial charge in [0.2, 0.25) is 0 Å². The summed E-state index contributed by atoms with van der Waals surface area (Å²) in [5.41, 5.74) is 1.73. The second-order valence-corrected chi connectivity index (χ2v) is 3.98. The molecule has 0 bridgehead atoms. The molecular formula is C10H9BrO2. The molecule has 0 spiro atoms. The summed E-state index contributed by atoms with van der Waals surface area (Å²) in [5.74, 6) is 0. The number of hydrogen-bond acceptors (Lipinski definition) is 2. The summed E-state index contributed by atoms with van der Waals surface area (Å²) < 4.78 is 0.910. The van der Waals surface area contributed by atoms with Crippen LogP contribution in [0.5, 0.6) is 0 Å². The molecule has 13 heavy (non-hydrogen) atoms. The van der Waals surface area contributed by atoms with E-state index < -0.39 is 12.2 Å². The van der Waals surface area contributed by atoms with E-state index in [1.165, 1.54) is 0 Å². The van der Waals surface area contributed by atoms with Gasteiger partial charge in [0.1, 0.15) is 12.2 Å². The predicted octanol–water partition coefficient (Wildman–Crippen LogP) is 1.87. The van der Waals surface area contributed by atoms with E-state index in [0.29, 0.717) is 0 Å². The minimum absolute atomic E-state index is 0.768. The molecule has 0 radical (unpaired) electrons. The number of benzene rings is 1. The maximum absolute atomic E-state index is 9.63. The molecule has 2 rings (SSSR count). The molecule has 3 heteroatoms. The Morgan fingerprint density at radius 1 is 1.23 bits per heavy atom. The Morgan fingerprint density at radius 3 is 2.77 bits per heavy atom. The van der Waals surface area contributed by atoms with Gasteiger partial charge in [-0.1, -0.05) is 34.1 Å². The van der Waals surface area contributed by atoms with Gasteiger partial charge in [0.05, 0.1) is 0 Å². The van der Waals surface area contributed by atoms with Crippen LogP contribution in [0.3, 0.4) is 0 Å². The second kappa shape index (κ2) is 3.25. The first-order valence-electron chi connectivity index (χ1n) is 4.02. The number of rotatable bonds is 0. The lowest BCUT2D eigenvalue weighted by Crippen LogP contribution is -2.19. The molecule has 0 saturated heterocycles. The highest BCUT2D eigenvalue weighted by Gasteiger charge is 2.21. The van der Waals surface area contributed by atoms with Gasteiger partial charge in [-0.15, -0.1) is 0 Å². The largest absolute Gasteiger partial charge is 0.386 e. The van der Waals surface area contributed by atoms with Gasteiger partial charge in [-0.3, -0.25) is 0 Å². The quantitative estimate of drug-likeness (QED) is 0.727. The van der Waals surface area contributed by atoms with Crippen molar-refractivity contribution in [3.05, 3.63) is 39.9 Å². The fraction of sp³-hybridized carbons (Fsp3) is 0.200. The molecule has 0 saturated carbocycles. The molecule has 1 aromatic rings. The molecule has 0 aromatic heterocycles. The van der Waals surface area contributed by atoms with Crippen LogP contribution in [0.1, 0.15) is 17.2 Å². The van der Waals surface area contributed by atoms with Crippen LogP contribution < -0.4 is 0 Å². The Labute approximate surface area is 84.7 Å². The maximum Gasteiger partial charge on any atom is 0.109 e. The zero-order valence-electron chi connectivity index (χ0n) is 6.81. The third kappa shape index (κ3) is 1.55. The van der Waals surface area contributed by atoms with E-state index in [-0.39, 0.29) is 0 Å². The predicted molar refractivity (Wildman–Crippen MR) is 54.1 cm³/mol. The van der Waals surface area contributed by atoms with Crippen LogP contribution in [0.15, 0.2) is 28.7 Å². The molecule has 0 fully saturated rings. The van der Waals surface area contributed by atoms with Crippen LogP contribution in [-0.2, 0) is 0 Å². The highest BCUT2D eigenvalue weighted by molar-refractivity contribution is 9.10. The van der Waals surface area contributed by atoms with E-state index in [1.54, 1.807) is 6.08 Å². The summed E-state index contributed by atoms with van der Waals surface area (Å²) in [6.45, 7) is 0. The van der Waals surface area contributed by atoms with Crippen molar-refractivity contribution in [1.29, 1.82) is 0 Å². The van der Waals surface area contributed by atoms with Crippen molar-refractivity contribution in [3.8, 4) is 0 Å².